The van der Waals surface area contributed by atoms with Crippen LogP contribution in [0.15, 0.2) is 0 Å². The molecule has 0 aliphatic carbocycles. The molecule has 0 N–H and O–H groups in total. The molecule has 2 saturated heterocycles. The Labute approximate surface area is 75.5 Å². The lowest BCUT2D eigenvalue weighted by atomic mass is 10.1. The Morgan fingerprint density at radius 3 is 2.83 bits per heavy atom. The second-order valence-corrected chi connectivity index (χ2v) is 4.29. The number of rotatable bonds is 1. The van der Waals surface area contributed by atoms with E-state index in [1.165, 1.54) is 38.9 Å². The number of hydrogen-bond acceptors (Lipinski definition) is 2. The van der Waals surface area contributed by atoms with Gasteiger partial charge < -0.3 is 4.90 Å². The topological polar surface area (TPSA) is 6.48 Å². The fourth-order valence-corrected chi connectivity index (χ4v) is 2.75. The van der Waals surface area contributed by atoms with E-state index in [1.54, 1.807) is 0 Å². The summed E-state index contributed by atoms with van der Waals surface area (Å²) in [6, 6.07) is 1.79. The molecule has 0 amide bonds. The fourth-order valence-electron chi connectivity index (χ4n) is 2.75. The van der Waals surface area contributed by atoms with Crippen LogP contribution in [0.25, 0.3) is 0 Å². The van der Waals surface area contributed by atoms with Crippen molar-refractivity contribution in [2.24, 2.45) is 0 Å². The van der Waals surface area contributed by atoms with Gasteiger partial charge in [-0.1, -0.05) is 6.92 Å². The van der Waals surface area contributed by atoms with E-state index >= 15 is 0 Å². The summed E-state index contributed by atoms with van der Waals surface area (Å²) in [7, 11) is 2.25. The van der Waals surface area contributed by atoms with Gasteiger partial charge in [-0.05, 0) is 26.3 Å². The average Bonchev–Trinajstić information content (AvgIpc) is 2.46. The highest BCUT2D eigenvalue weighted by Crippen LogP contribution is 2.28. The minimum absolute atomic E-state index is 0.883. The van der Waals surface area contributed by atoms with Gasteiger partial charge in [0.15, 0.2) is 0 Å². The summed E-state index contributed by atoms with van der Waals surface area (Å²) in [5.74, 6) is 0. The summed E-state index contributed by atoms with van der Waals surface area (Å²) in [5, 5.41) is 0. The molecule has 0 bridgehead atoms. The molecular formula is C10H20N2. The summed E-state index contributed by atoms with van der Waals surface area (Å²) in [6.07, 6.45) is 4.22. The van der Waals surface area contributed by atoms with Gasteiger partial charge in [-0.15, -0.1) is 0 Å². The maximum Gasteiger partial charge on any atom is 0.0227 e. The fraction of sp³-hybridized carbons (Fsp3) is 1.00. The lowest BCUT2D eigenvalue weighted by Crippen LogP contribution is -2.50. The summed E-state index contributed by atoms with van der Waals surface area (Å²) >= 11 is 0. The van der Waals surface area contributed by atoms with Crippen LogP contribution >= 0.6 is 0 Å². The van der Waals surface area contributed by atoms with E-state index in [9.17, 15) is 0 Å². The third kappa shape index (κ3) is 1.38. The van der Waals surface area contributed by atoms with Crippen LogP contribution in [0.3, 0.4) is 0 Å². The Morgan fingerprint density at radius 2 is 2.08 bits per heavy atom. The molecule has 2 heterocycles. The lowest BCUT2D eigenvalue weighted by Gasteiger charge is -2.38. The highest BCUT2D eigenvalue weighted by molar-refractivity contribution is 4.91. The monoisotopic (exact) mass is 168 g/mol. The van der Waals surface area contributed by atoms with Gasteiger partial charge in [0.05, 0.1) is 0 Å². The number of likely N-dealkylation sites (N-methyl/N-ethyl adjacent to an activating group) is 1. The van der Waals surface area contributed by atoms with Gasteiger partial charge in [0, 0.05) is 31.7 Å². The predicted octanol–water partition coefficient (Wildman–Crippen LogP) is 1.17. The van der Waals surface area contributed by atoms with E-state index in [1.807, 2.05) is 0 Å². The van der Waals surface area contributed by atoms with Crippen LogP contribution in [-0.4, -0.2) is 48.6 Å². The van der Waals surface area contributed by atoms with Crippen molar-refractivity contribution in [1.82, 2.24) is 9.80 Å². The first kappa shape index (κ1) is 8.52. The molecule has 2 atom stereocenters. The first-order chi connectivity index (χ1) is 5.81. The quantitative estimate of drug-likeness (QED) is 0.580. The van der Waals surface area contributed by atoms with Crippen molar-refractivity contribution in [2.45, 2.75) is 38.3 Å². The van der Waals surface area contributed by atoms with Crippen molar-refractivity contribution in [3.63, 3.8) is 0 Å². The van der Waals surface area contributed by atoms with Gasteiger partial charge in [-0.3, -0.25) is 4.90 Å². The van der Waals surface area contributed by atoms with E-state index in [0.29, 0.717) is 0 Å². The van der Waals surface area contributed by atoms with E-state index < -0.39 is 0 Å². The van der Waals surface area contributed by atoms with Crippen molar-refractivity contribution in [2.75, 3.05) is 26.7 Å². The zero-order chi connectivity index (χ0) is 8.55. The Hall–Kier alpha value is -0.0800. The molecule has 2 rings (SSSR count). The summed E-state index contributed by atoms with van der Waals surface area (Å²) in [5.41, 5.74) is 0. The van der Waals surface area contributed by atoms with Gasteiger partial charge in [0.25, 0.3) is 0 Å². The molecule has 2 nitrogen and oxygen atoms in total. The first-order valence-corrected chi connectivity index (χ1v) is 5.25. The summed E-state index contributed by atoms with van der Waals surface area (Å²) in [4.78, 5) is 5.21. The molecule has 0 saturated carbocycles. The Kier molecular flexibility index (Phi) is 2.37. The van der Waals surface area contributed by atoms with Crippen molar-refractivity contribution in [3.05, 3.63) is 0 Å². The van der Waals surface area contributed by atoms with E-state index in [0.717, 1.165) is 12.1 Å². The first-order valence-electron chi connectivity index (χ1n) is 5.25. The molecule has 2 aliphatic rings. The average molecular weight is 168 g/mol. The van der Waals surface area contributed by atoms with Crippen LogP contribution in [0.1, 0.15) is 26.2 Å². The smallest absolute Gasteiger partial charge is 0.0227 e. The summed E-state index contributed by atoms with van der Waals surface area (Å²) in [6.45, 7) is 6.20. The van der Waals surface area contributed by atoms with Crippen molar-refractivity contribution in [1.29, 1.82) is 0 Å². The SMILES string of the molecule is CCC1CCC2CN(C)CCN12. The van der Waals surface area contributed by atoms with Crippen LogP contribution in [0.2, 0.25) is 0 Å². The standard InChI is InChI=1S/C10H20N2/c1-3-9-4-5-10-8-11(2)6-7-12(9)10/h9-10H,3-8H2,1-2H3. The lowest BCUT2D eigenvalue weighted by molar-refractivity contribution is 0.0924. The molecule has 0 radical (unpaired) electrons. The normalized spacial score (nSPS) is 38.5. The molecule has 2 unspecified atom stereocenters. The van der Waals surface area contributed by atoms with Crippen LogP contribution in [-0.2, 0) is 0 Å². The minimum atomic E-state index is 0.883. The number of nitrogens with zero attached hydrogens (tertiary/aromatic N) is 2. The predicted molar refractivity (Wildman–Crippen MR) is 51.3 cm³/mol. The molecular weight excluding hydrogens is 148 g/mol. The number of hydrogen-bond donors (Lipinski definition) is 0. The van der Waals surface area contributed by atoms with E-state index in [4.69, 9.17) is 0 Å². The second kappa shape index (κ2) is 3.35. The molecule has 0 aromatic rings. The highest BCUT2D eigenvalue weighted by Gasteiger charge is 2.34. The van der Waals surface area contributed by atoms with Gasteiger partial charge in [-0.2, -0.15) is 0 Å². The zero-order valence-electron chi connectivity index (χ0n) is 8.29. The van der Waals surface area contributed by atoms with Gasteiger partial charge >= 0.3 is 0 Å². The molecule has 0 spiro atoms. The van der Waals surface area contributed by atoms with E-state index in [2.05, 4.69) is 23.8 Å². The largest absolute Gasteiger partial charge is 0.304 e. The van der Waals surface area contributed by atoms with Gasteiger partial charge in [-0.25, -0.2) is 0 Å². The van der Waals surface area contributed by atoms with Crippen LogP contribution < -0.4 is 0 Å². The van der Waals surface area contributed by atoms with Gasteiger partial charge in [0.1, 0.15) is 0 Å². The molecule has 2 heteroatoms. The molecule has 2 fully saturated rings. The van der Waals surface area contributed by atoms with Crippen molar-refractivity contribution >= 4 is 0 Å². The maximum atomic E-state index is 2.74. The Balaban J connectivity index is 1.98. The zero-order valence-corrected chi connectivity index (χ0v) is 8.29. The molecule has 0 aromatic carbocycles. The van der Waals surface area contributed by atoms with Crippen LogP contribution in [0, 0.1) is 0 Å². The van der Waals surface area contributed by atoms with E-state index in [-0.39, 0.29) is 0 Å². The van der Waals surface area contributed by atoms with Crippen LogP contribution in [0.5, 0.6) is 0 Å². The van der Waals surface area contributed by atoms with Crippen molar-refractivity contribution < 1.29 is 0 Å². The second-order valence-electron chi connectivity index (χ2n) is 4.29. The highest BCUT2D eigenvalue weighted by atomic mass is 15.3. The third-order valence-corrected chi connectivity index (χ3v) is 3.50. The molecule has 12 heavy (non-hydrogen) atoms. The molecule has 70 valence electrons. The van der Waals surface area contributed by atoms with Gasteiger partial charge in [0.2, 0.25) is 0 Å². The number of fused-ring (bicyclic) bond motifs is 1. The number of piperazine rings is 1. The summed E-state index contributed by atoms with van der Waals surface area (Å²) < 4.78 is 0. The maximum absolute atomic E-state index is 2.74. The minimum Gasteiger partial charge on any atom is -0.304 e. The third-order valence-electron chi connectivity index (χ3n) is 3.50. The van der Waals surface area contributed by atoms with Crippen molar-refractivity contribution in [3.8, 4) is 0 Å². The molecule has 2 aliphatic heterocycles. The Morgan fingerprint density at radius 1 is 1.25 bits per heavy atom. The Bertz CT molecular complexity index is 158. The molecule has 0 aromatic heterocycles. The van der Waals surface area contributed by atoms with Crippen LogP contribution in [0.4, 0.5) is 0 Å².